The maximum atomic E-state index is 11.5. The van der Waals surface area contributed by atoms with Crippen molar-refractivity contribution in [2.75, 3.05) is 30.4 Å². The molecule has 0 saturated carbocycles. The second-order valence-electron chi connectivity index (χ2n) is 5.30. The van der Waals surface area contributed by atoms with Crippen molar-refractivity contribution in [1.82, 2.24) is 0 Å². The molecule has 2 aliphatic rings. The quantitative estimate of drug-likeness (QED) is 0.895. The van der Waals surface area contributed by atoms with E-state index in [0.29, 0.717) is 16.3 Å². The smallest absolute Gasteiger partial charge is 0.257 e. The summed E-state index contributed by atoms with van der Waals surface area (Å²) in [4.78, 5) is 13.5. The fourth-order valence-electron chi connectivity index (χ4n) is 2.74. The molecule has 0 spiro atoms. The van der Waals surface area contributed by atoms with E-state index in [1.807, 2.05) is 11.9 Å². The van der Waals surface area contributed by atoms with Crippen molar-refractivity contribution in [3.8, 4) is 0 Å². The van der Waals surface area contributed by atoms with E-state index in [9.17, 15) is 9.90 Å². The van der Waals surface area contributed by atoms with Crippen molar-refractivity contribution >= 4 is 28.9 Å². The van der Waals surface area contributed by atoms with E-state index in [1.165, 1.54) is 0 Å². The average Bonchev–Trinajstić information content (AvgIpc) is 3.00. The van der Waals surface area contributed by atoms with E-state index in [4.69, 9.17) is 16.3 Å². The third-order valence-electron chi connectivity index (χ3n) is 3.83. The first-order chi connectivity index (χ1) is 9.56. The van der Waals surface area contributed by atoms with Crippen LogP contribution in [0.25, 0.3) is 0 Å². The van der Waals surface area contributed by atoms with Crippen LogP contribution in [0.4, 0.5) is 11.4 Å². The average molecular weight is 297 g/mol. The number of nitrogens with zero attached hydrogens (tertiary/aromatic N) is 1. The minimum atomic E-state index is -1.12. The van der Waals surface area contributed by atoms with E-state index in [1.54, 1.807) is 12.1 Å². The van der Waals surface area contributed by atoms with Crippen molar-refractivity contribution in [1.29, 1.82) is 0 Å². The first-order valence-electron chi connectivity index (χ1n) is 6.71. The summed E-state index contributed by atoms with van der Waals surface area (Å²) in [6.07, 6.45) is 1.26. The number of carbonyl (C=O) groups excluding carboxylic acids is 1. The largest absolute Gasteiger partial charge is 0.378 e. The van der Waals surface area contributed by atoms with Crippen LogP contribution in [0.15, 0.2) is 12.1 Å². The number of hydrogen-bond acceptors (Lipinski definition) is 4. The van der Waals surface area contributed by atoms with Crippen molar-refractivity contribution in [2.24, 2.45) is 0 Å². The zero-order valence-electron chi connectivity index (χ0n) is 11.2. The minimum Gasteiger partial charge on any atom is -0.378 e. The number of amides is 1. The number of nitrogens with one attached hydrogen (secondary N) is 1. The normalized spacial score (nSPS) is 24.6. The lowest BCUT2D eigenvalue weighted by Gasteiger charge is -2.24. The van der Waals surface area contributed by atoms with Gasteiger partial charge in [0.25, 0.3) is 5.91 Å². The molecule has 108 valence electrons. The lowest BCUT2D eigenvalue weighted by atomic mass is 10.1. The van der Waals surface area contributed by atoms with Crippen molar-refractivity contribution < 1.29 is 14.6 Å². The van der Waals surface area contributed by atoms with E-state index in [2.05, 4.69) is 5.32 Å². The van der Waals surface area contributed by atoms with E-state index >= 15 is 0 Å². The molecule has 1 saturated heterocycles. The number of aliphatic hydroxyl groups excluding tert-OH is 1. The lowest BCUT2D eigenvalue weighted by molar-refractivity contribution is -0.123. The molecule has 2 N–H and O–H groups in total. The molecule has 2 atom stereocenters. The highest BCUT2D eigenvalue weighted by molar-refractivity contribution is 6.33. The number of likely N-dealkylation sites (N-methyl/N-ethyl adjacent to an activating group) is 1. The van der Waals surface area contributed by atoms with Gasteiger partial charge in [-0.05, 0) is 25.0 Å². The molecular formula is C14H17ClN2O3. The zero-order chi connectivity index (χ0) is 14.3. The van der Waals surface area contributed by atoms with Gasteiger partial charge in [0.15, 0.2) is 6.10 Å². The summed E-state index contributed by atoms with van der Waals surface area (Å²) in [7, 11) is 1.95. The van der Waals surface area contributed by atoms with Crippen LogP contribution in [-0.4, -0.2) is 37.3 Å². The third kappa shape index (κ3) is 2.37. The number of aliphatic hydroxyl groups is 1. The molecule has 0 aromatic heterocycles. The molecule has 0 radical (unpaired) electrons. The summed E-state index contributed by atoms with van der Waals surface area (Å²) in [5.41, 5.74) is 1.99. The molecule has 20 heavy (non-hydrogen) atoms. The highest BCUT2D eigenvalue weighted by Crippen LogP contribution is 2.38. The number of ether oxygens (including phenoxy) is 1. The molecule has 5 nitrogen and oxygen atoms in total. The first kappa shape index (κ1) is 13.7. The maximum absolute atomic E-state index is 11.5. The van der Waals surface area contributed by atoms with Gasteiger partial charge in [-0.15, -0.1) is 0 Å². The monoisotopic (exact) mass is 296 g/mol. The van der Waals surface area contributed by atoms with Gasteiger partial charge in [0.05, 0.1) is 16.8 Å². The van der Waals surface area contributed by atoms with Gasteiger partial charge in [-0.1, -0.05) is 11.6 Å². The Bertz CT molecular complexity index is 543. The Morgan fingerprint density at radius 1 is 1.55 bits per heavy atom. The van der Waals surface area contributed by atoms with Gasteiger partial charge in [-0.2, -0.15) is 0 Å². The Morgan fingerprint density at radius 3 is 3.05 bits per heavy atom. The number of hydrogen-bond donors (Lipinski definition) is 2. The Labute approximate surface area is 122 Å². The van der Waals surface area contributed by atoms with Crippen LogP contribution >= 0.6 is 11.6 Å². The molecule has 0 bridgehead atoms. The minimum absolute atomic E-state index is 0.226. The maximum Gasteiger partial charge on any atom is 0.257 e. The Balaban J connectivity index is 1.83. The molecule has 6 heteroatoms. The zero-order valence-corrected chi connectivity index (χ0v) is 12.0. The van der Waals surface area contributed by atoms with Crippen LogP contribution in [0.5, 0.6) is 0 Å². The molecule has 2 unspecified atom stereocenters. The Morgan fingerprint density at radius 2 is 2.35 bits per heavy atom. The number of fused-ring (bicyclic) bond motifs is 1. The molecule has 0 aliphatic carbocycles. The van der Waals surface area contributed by atoms with Crippen LogP contribution in [0.3, 0.4) is 0 Å². The predicted molar refractivity (Wildman–Crippen MR) is 77.3 cm³/mol. The van der Waals surface area contributed by atoms with Gasteiger partial charge in [0, 0.05) is 31.5 Å². The topological polar surface area (TPSA) is 61.8 Å². The fraction of sp³-hybridized carbons (Fsp3) is 0.500. The molecule has 2 heterocycles. The van der Waals surface area contributed by atoms with E-state index < -0.39 is 12.0 Å². The highest BCUT2D eigenvalue weighted by atomic mass is 35.5. The van der Waals surface area contributed by atoms with Gasteiger partial charge < -0.3 is 20.1 Å². The summed E-state index contributed by atoms with van der Waals surface area (Å²) in [5.74, 6) is -0.407. The summed E-state index contributed by atoms with van der Waals surface area (Å²) >= 11 is 6.27. The number of rotatable bonds is 3. The SMILES string of the molecule is CN(CC1CCCO1)c1cc2c(cc1Cl)C(O)C(=O)N2. The first-order valence-corrected chi connectivity index (χ1v) is 7.09. The predicted octanol–water partition coefficient (Wildman–Crippen LogP) is 1.94. The molecule has 1 fully saturated rings. The van der Waals surface area contributed by atoms with Gasteiger partial charge in [0.2, 0.25) is 0 Å². The number of halogens is 1. The van der Waals surface area contributed by atoms with Crippen molar-refractivity contribution in [3.63, 3.8) is 0 Å². The summed E-state index contributed by atoms with van der Waals surface area (Å²) < 4.78 is 5.62. The number of anilines is 2. The highest BCUT2D eigenvalue weighted by Gasteiger charge is 2.30. The molecule has 2 aliphatic heterocycles. The molecule has 1 aromatic carbocycles. The summed E-state index contributed by atoms with van der Waals surface area (Å²) in [6, 6.07) is 3.46. The van der Waals surface area contributed by atoms with Crippen LogP contribution in [0.1, 0.15) is 24.5 Å². The fourth-order valence-corrected chi connectivity index (χ4v) is 3.06. The van der Waals surface area contributed by atoms with Crippen LogP contribution in [0, 0.1) is 0 Å². The second kappa shape index (κ2) is 5.24. The summed E-state index contributed by atoms with van der Waals surface area (Å²) in [6.45, 7) is 1.58. The Hall–Kier alpha value is -1.30. The van der Waals surface area contributed by atoms with Crippen molar-refractivity contribution in [3.05, 3.63) is 22.7 Å². The summed E-state index contributed by atoms with van der Waals surface area (Å²) in [5, 5.41) is 12.9. The molecule has 3 rings (SSSR count). The molecule has 1 aromatic rings. The number of benzene rings is 1. The lowest BCUT2D eigenvalue weighted by Crippen LogP contribution is -2.28. The number of carbonyl (C=O) groups is 1. The van der Waals surface area contributed by atoms with Crippen LogP contribution < -0.4 is 10.2 Å². The van der Waals surface area contributed by atoms with E-state index in [0.717, 1.165) is 31.7 Å². The van der Waals surface area contributed by atoms with Gasteiger partial charge >= 0.3 is 0 Å². The molecule has 1 amide bonds. The van der Waals surface area contributed by atoms with Gasteiger partial charge in [0.1, 0.15) is 0 Å². The third-order valence-corrected chi connectivity index (χ3v) is 4.14. The van der Waals surface area contributed by atoms with Crippen LogP contribution in [-0.2, 0) is 9.53 Å². The standard InChI is InChI=1S/C14H17ClN2O3/c1-17(7-8-3-2-4-20-8)12-6-11-9(5-10(12)15)13(18)14(19)16-11/h5-6,8,13,18H,2-4,7H2,1H3,(H,16,19). The van der Waals surface area contributed by atoms with Crippen molar-refractivity contribution in [2.45, 2.75) is 25.0 Å². The second-order valence-corrected chi connectivity index (χ2v) is 5.71. The van der Waals surface area contributed by atoms with E-state index in [-0.39, 0.29) is 6.10 Å². The Kier molecular flexibility index (Phi) is 3.58. The van der Waals surface area contributed by atoms with Crippen LogP contribution in [0.2, 0.25) is 5.02 Å². The molecular weight excluding hydrogens is 280 g/mol. The van der Waals surface area contributed by atoms with Gasteiger partial charge in [-0.25, -0.2) is 0 Å². The van der Waals surface area contributed by atoms with Gasteiger partial charge in [-0.3, -0.25) is 4.79 Å².